The zero-order chi connectivity index (χ0) is 12.1. The summed E-state index contributed by atoms with van der Waals surface area (Å²) in [4.78, 5) is 26.0. The van der Waals surface area contributed by atoms with Gasteiger partial charge in [0.15, 0.2) is 5.43 Å². The second-order valence-corrected chi connectivity index (χ2v) is 3.66. The lowest BCUT2D eigenvalue weighted by Gasteiger charge is -2.13. The van der Waals surface area contributed by atoms with Crippen LogP contribution >= 0.6 is 0 Å². The summed E-state index contributed by atoms with van der Waals surface area (Å²) in [6, 6.07) is 1.06. The van der Waals surface area contributed by atoms with E-state index < -0.39 is 5.91 Å². The van der Waals surface area contributed by atoms with Crippen molar-refractivity contribution in [3.63, 3.8) is 0 Å². The number of rotatable bonds is 4. The zero-order valence-electron chi connectivity index (χ0n) is 9.41. The first-order valence-electron chi connectivity index (χ1n) is 5.19. The monoisotopic (exact) mass is 224 g/mol. The van der Waals surface area contributed by atoms with E-state index in [-0.39, 0.29) is 23.6 Å². The molecule has 0 aliphatic heterocycles. The summed E-state index contributed by atoms with van der Waals surface area (Å²) in [5, 5.41) is 11.5. The highest BCUT2D eigenvalue weighted by atomic mass is 16.3. The molecule has 0 radical (unpaired) electrons. The summed E-state index contributed by atoms with van der Waals surface area (Å²) in [7, 11) is 0. The topological polar surface area (TPSA) is 82.2 Å². The Balaban J connectivity index is 2.85. The van der Waals surface area contributed by atoms with Crippen LogP contribution < -0.4 is 10.7 Å². The minimum atomic E-state index is -0.456. The molecule has 5 heteroatoms. The van der Waals surface area contributed by atoms with E-state index in [1.165, 1.54) is 12.3 Å². The van der Waals surface area contributed by atoms with Crippen LogP contribution in [0.15, 0.2) is 17.1 Å². The summed E-state index contributed by atoms with van der Waals surface area (Å²) in [6.45, 7) is 3.46. The van der Waals surface area contributed by atoms with Gasteiger partial charge in [-0.3, -0.25) is 9.59 Å². The van der Waals surface area contributed by atoms with Gasteiger partial charge in [0.25, 0.3) is 5.91 Å². The van der Waals surface area contributed by atoms with Crippen molar-refractivity contribution in [1.29, 1.82) is 0 Å². The van der Waals surface area contributed by atoms with Gasteiger partial charge in [0, 0.05) is 18.0 Å². The van der Waals surface area contributed by atoms with Gasteiger partial charge in [-0.1, -0.05) is 6.92 Å². The Labute approximate surface area is 93.5 Å². The van der Waals surface area contributed by atoms with Gasteiger partial charge in [0.1, 0.15) is 5.56 Å². The van der Waals surface area contributed by atoms with Gasteiger partial charge in [0.05, 0.1) is 12.6 Å². The third-order valence-corrected chi connectivity index (χ3v) is 2.35. The molecule has 88 valence electrons. The Bertz CT molecular complexity index is 421. The van der Waals surface area contributed by atoms with E-state index in [2.05, 4.69) is 10.3 Å². The number of hydrogen-bond donors (Lipinski definition) is 3. The Kier molecular flexibility index (Phi) is 4.25. The molecule has 0 aromatic carbocycles. The molecule has 0 unspecified atom stereocenters. The molecule has 1 rings (SSSR count). The molecule has 16 heavy (non-hydrogen) atoms. The van der Waals surface area contributed by atoms with Gasteiger partial charge in [-0.05, 0) is 13.3 Å². The zero-order valence-corrected chi connectivity index (χ0v) is 9.41. The Morgan fingerprint density at radius 2 is 2.31 bits per heavy atom. The SMILES string of the molecule is CC[C@H](CO)NC(=O)c1c[nH]c(C)cc1=O. The smallest absolute Gasteiger partial charge is 0.257 e. The average Bonchev–Trinajstić information content (AvgIpc) is 2.25. The number of aromatic amines is 1. The summed E-state index contributed by atoms with van der Waals surface area (Å²) >= 11 is 0. The molecule has 1 atom stereocenters. The van der Waals surface area contributed by atoms with Crippen LogP contribution in [-0.2, 0) is 0 Å². The number of pyridine rings is 1. The van der Waals surface area contributed by atoms with Crippen LogP contribution in [0.5, 0.6) is 0 Å². The van der Waals surface area contributed by atoms with Gasteiger partial charge in [-0.25, -0.2) is 0 Å². The van der Waals surface area contributed by atoms with Crippen molar-refractivity contribution in [2.45, 2.75) is 26.3 Å². The van der Waals surface area contributed by atoms with Gasteiger partial charge in [0.2, 0.25) is 0 Å². The van der Waals surface area contributed by atoms with E-state index >= 15 is 0 Å². The average molecular weight is 224 g/mol. The number of carbonyl (C=O) groups is 1. The number of aliphatic hydroxyl groups is 1. The number of aromatic nitrogens is 1. The van der Waals surface area contributed by atoms with Crippen LogP contribution in [0.4, 0.5) is 0 Å². The minimum absolute atomic E-state index is 0.0671. The first kappa shape index (κ1) is 12.4. The quantitative estimate of drug-likeness (QED) is 0.682. The predicted octanol–water partition coefficient (Wildman–Crippen LogP) is 0.184. The largest absolute Gasteiger partial charge is 0.394 e. The lowest BCUT2D eigenvalue weighted by atomic mass is 10.2. The first-order valence-corrected chi connectivity index (χ1v) is 5.19. The van der Waals surface area contributed by atoms with Gasteiger partial charge in [-0.15, -0.1) is 0 Å². The summed E-state index contributed by atoms with van der Waals surface area (Å²) in [5.41, 5.74) is 0.454. The van der Waals surface area contributed by atoms with E-state index in [1.807, 2.05) is 6.92 Å². The molecule has 0 aliphatic carbocycles. The van der Waals surface area contributed by atoms with Crippen molar-refractivity contribution in [3.05, 3.63) is 33.7 Å². The van der Waals surface area contributed by atoms with Crippen molar-refractivity contribution < 1.29 is 9.90 Å². The van der Waals surface area contributed by atoms with Crippen molar-refractivity contribution in [2.75, 3.05) is 6.61 Å². The highest BCUT2D eigenvalue weighted by Gasteiger charge is 2.13. The molecule has 0 saturated carbocycles. The standard InChI is InChI=1S/C11H16N2O3/c1-3-8(6-14)13-11(16)9-5-12-7(2)4-10(9)15/h4-5,8,14H,3,6H2,1-2H3,(H,12,15)(H,13,16)/t8-/m1/s1. The second kappa shape index (κ2) is 5.46. The molecule has 5 nitrogen and oxygen atoms in total. The summed E-state index contributed by atoms with van der Waals surface area (Å²) in [6.07, 6.45) is 2.00. The molecule has 0 spiro atoms. The first-order chi connectivity index (χ1) is 7.58. The predicted molar refractivity (Wildman–Crippen MR) is 60.4 cm³/mol. The van der Waals surface area contributed by atoms with Crippen molar-refractivity contribution >= 4 is 5.91 Å². The van der Waals surface area contributed by atoms with Gasteiger partial charge < -0.3 is 15.4 Å². The molecule has 0 fully saturated rings. The maximum atomic E-state index is 11.7. The van der Waals surface area contributed by atoms with Crippen molar-refractivity contribution in [2.24, 2.45) is 0 Å². The van der Waals surface area contributed by atoms with E-state index in [0.29, 0.717) is 12.1 Å². The Morgan fingerprint density at radius 3 is 2.81 bits per heavy atom. The van der Waals surface area contributed by atoms with Crippen molar-refractivity contribution in [3.8, 4) is 0 Å². The molecular weight excluding hydrogens is 208 g/mol. The summed E-state index contributed by atoms with van der Waals surface area (Å²) < 4.78 is 0. The maximum absolute atomic E-state index is 11.7. The highest BCUT2D eigenvalue weighted by molar-refractivity contribution is 5.93. The van der Waals surface area contributed by atoms with Gasteiger partial charge in [-0.2, -0.15) is 0 Å². The maximum Gasteiger partial charge on any atom is 0.257 e. The van der Waals surface area contributed by atoms with E-state index in [0.717, 1.165) is 0 Å². The lowest BCUT2D eigenvalue weighted by Crippen LogP contribution is -2.39. The van der Waals surface area contributed by atoms with Crippen LogP contribution in [0.25, 0.3) is 0 Å². The molecule has 0 aliphatic rings. The fourth-order valence-corrected chi connectivity index (χ4v) is 1.29. The number of nitrogens with one attached hydrogen (secondary N) is 2. The van der Waals surface area contributed by atoms with E-state index in [9.17, 15) is 9.59 Å². The number of aliphatic hydroxyl groups excluding tert-OH is 1. The van der Waals surface area contributed by atoms with Crippen LogP contribution in [0.2, 0.25) is 0 Å². The fraction of sp³-hybridized carbons (Fsp3) is 0.455. The number of hydrogen-bond acceptors (Lipinski definition) is 3. The molecule has 0 bridgehead atoms. The van der Waals surface area contributed by atoms with Crippen LogP contribution in [0.3, 0.4) is 0 Å². The van der Waals surface area contributed by atoms with E-state index in [1.54, 1.807) is 6.92 Å². The Hall–Kier alpha value is -1.62. The number of amides is 1. The Morgan fingerprint density at radius 1 is 1.62 bits per heavy atom. The van der Waals surface area contributed by atoms with E-state index in [4.69, 9.17) is 5.11 Å². The summed E-state index contributed by atoms with van der Waals surface area (Å²) in [5.74, 6) is -0.456. The number of carbonyl (C=O) groups excluding carboxylic acids is 1. The lowest BCUT2D eigenvalue weighted by molar-refractivity contribution is 0.0913. The van der Waals surface area contributed by atoms with Crippen LogP contribution in [0.1, 0.15) is 29.4 Å². The highest BCUT2D eigenvalue weighted by Crippen LogP contribution is 1.95. The van der Waals surface area contributed by atoms with Crippen LogP contribution in [0, 0.1) is 6.92 Å². The second-order valence-electron chi connectivity index (χ2n) is 3.66. The molecule has 0 saturated heterocycles. The molecule has 1 aromatic rings. The van der Waals surface area contributed by atoms with Gasteiger partial charge >= 0.3 is 0 Å². The minimum Gasteiger partial charge on any atom is -0.394 e. The third-order valence-electron chi connectivity index (χ3n) is 2.35. The number of aryl methyl sites for hydroxylation is 1. The molecule has 1 heterocycles. The number of H-pyrrole nitrogens is 1. The van der Waals surface area contributed by atoms with Crippen molar-refractivity contribution in [1.82, 2.24) is 10.3 Å². The van der Waals surface area contributed by atoms with Crippen LogP contribution in [-0.4, -0.2) is 28.6 Å². The normalized spacial score (nSPS) is 12.2. The molecule has 1 amide bonds. The molecule has 1 aromatic heterocycles. The molecule has 3 N–H and O–H groups in total. The third kappa shape index (κ3) is 2.93. The fourth-order valence-electron chi connectivity index (χ4n) is 1.29. The molecular formula is C11H16N2O3.